The molecule has 1 N–H and O–H groups in total. The van der Waals surface area contributed by atoms with E-state index in [-0.39, 0.29) is 12.5 Å². The molecule has 2 atom stereocenters. The van der Waals surface area contributed by atoms with Gasteiger partial charge in [-0.25, -0.2) is 0 Å². The van der Waals surface area contributed by atoms with Gasteiger partial charge >= 0.3 is 0 Å². The maximum atomic E-state index is 12.6. The largest absolute Gasteiger partial charge is 0.396 e. The lowest BCUT2D eigenvalue weighted by Crippen LogP contribution is -2.47. The van der Waals surface area contributed by atoms with Gasteiger partial charge in [0.15, 0.2) is 0 Å². The quantitative estimate of drug-likeness (QED) is 0.904. The molecule has 102 valence electrons. The van der Waals surface area contributed by atoms with Gasteiger partial charge < -0.3 is 10.0 Å². The first-order chi connectivity index (χ1) is 9.19. The van der Waals surface area contributed by atoms with Crippen LogP contribution in [0.3, 0.4) is 0 Å². The SMILES string of the molecule is O=C(c1ccc(Cl)cc1)N1C2CCC1CC(CO)C2. The van der Waals surface area contributed by atoms with Crippen molar-refractivity contribution in [3.8, 4) is 0 Å². The fourth-order valence-electron chi connectivity index (χ4n) is 3.51. The van der Waals surface area contributed by atoms with Crippen LogP contribution in [-0.4, -0.2) is 34.6 Å². The van der Waals surface area contributed by atoms with Crippen LogP contribution in [-0.2, 0) is 0 Å². The number of nitrogens with zero attached hydrogens (tertiary/aromatic N) is 1. The highest BCUT2D eigenvalue weighted by atomic mass is 35.5. The summed E-state index contributed by atoms with van der Waals surface area (Å²) in [7, 11) is 0. The molecule has 0 radical (unpaired) electrons. The van der Waals surface area contributed by atoms with Crippen LogP contribution in [0.4, 0.5) is 0 Å². The van der Waals surface area contributed by atoms with Crippen molar-refractivity contribution < 1.29 is 9.90 Å². The molecule has 0 spiro atoms. The Bertz CT molecular complexity index is 460. The van der Waals surface area contributed by atoms with E-state index < -0.39 is 0 Å². The van der Waals surface area contributed by atoms with E-state index >= 15 is 0 Å². The number of carbonyl (C=O) groups is 1. The molecule has 1 amide bonds. The number of halogens is 1. The summed E-state index contributed by atoms with van der Waals surface area (Å²) < 4.78 is 0. The van der Waals surface area contributed by atoms with Crippen molar-refractivity contribution in [2.45, 2.75) is 37.8 Å². The normalized spacial score (nSPS) is 29.6. The van der Waals surface area contributed by atoms with Gasteiger partial charge in [-0.2, -0.15) is 0 Å². The van der Waals surface area contributed by atoms with Gasteiger partial charge in [0, 0.05) is 29.3 Å². The minimum absolute atomic E-state index is 0.112. The van der Waals surface area contributed by atoms with Gasteiger partial charge in [-0.1, -0.05) is 11.6 Å². The van der Waals surface area contributed by atoms with Crippen LogP contribution < -0.4 is 0 Å². The number of carbonyl (C=O) groups excluding carboxylic acids is 1. The first-order valence-corrected chi connectivity index (χ1v) is 7.26. The molecule has 19 heavy (non-hydrogen) atoms. The average Bonchev–Trinajstić information content (AvgIpc) is 2.69. The van der Waals surface area contributed by atoms with Crippen LogP contribution in [0.1, 0.15) is 36.0 Å². The van der Waals surface area contributed by atoms with E-state index in [9.17, 15) is 9.90 Å². The number of piperidine rings is 1. The molecule has 2 aliphatic rings. The molecule has 1 aromatic carbocycles. The summed E-state index contributed by atoms with van der Waals surface area (Å²) in [5.74, 6) is 0.479. The molecule has 0 saturated carbocycles. The number of aliphatic hydroxyl groups is 1. The molecule has 3 nitrogen and oxygen atoms in total. The van der Waals surface area contributed by atoms with E-state index in [1.165, 1.54) is 0 Å². The second kappa shape index (κ2) is 5.14. The summed E-state index contributed by atoms with van der Waals surface area (Å²) in [6.45, 7) is 0.246. The number of hydrogen-bond donors (Lipinski definition) is 1. The first-order valence-electron chi connectivity index (χ1n) is 6.88. The molecule has 0 aliphatic carbocycles. The fourth-order valence-corrected chi connectivity index (χ4v) is 3.64. The molecule has 2 aliphatic heterocycles. The maximum absolute atomic E-state index is 12.6. The topological polar surface area (TPSA) is 40.5 Å². The Morgan fingerprint density at radius 3 is 2.32 bits per heavy atom. The Kier molecular flexibility index (Phi) is 3.50. The summed E-state index contributed by atoms with van der Waals surface area (Å²) in [5, 5.41) is 9.96. The van der Waals surface area contributed by atoms with Crippen molar-refractivity contribution in [2.75, 3.05) is 6.61 Å². The van der Waals surface area contributed by atoms with Crippen molar-refractivity contribution in [2.24, 2.45) is 5.92 Å². The van der Waals surface area contributed by atoms with Gasteiger partial charge in [-0.15, -0.1) is 0 Å². The van der Waals surface area contributed by atoms with E-state index in [0.717, 1.165) is 25.7 Å². The monoisotopic (exact) mass is 279 g/mol. The lowest BCUT2D eigenvalue weighted by molar-refractivity contribution is 0.0453. The zero-order chi connectivity index (χ0) is 13.4. The van der Waals surface area contributed by atoms with E-state index in [4.69, 9.17) is 11.6 Å². The van der Waals surface area contributed by atoms with Gasteiger partial charge in [-0.05, 0) is 55.9 Å². The van der Waals surface area contributed by atoms with Crippen LogP contribution in [0.25, 0.3) is 0 Å². The predicted octanol–water partition coefficient (Wildman–Crippen LogP) is 2.72. The molecule has 0 aromatic heterocycles. The number of hydrogen-bond acceptors (Lipinski definition) is 2. The number of aliphatic hydroxyl groups excluding tert-OH is 1. The van der Waals surface area contributed by atoms with Crippen molar-refractivity contribution in [1.29, 1.82) is 0 Å². The molecular weight excluding hydrogens is 262 g/mol. The van der Waals surface area contributed by atoms with E-state index in [2.05, 4.69) is 0 Å². The number of benzene rings is 1. The van der Waals surface area contributed by atoms with Crippen LogP contribution in [0.2, 0.25) is 5.02 Å². The zero-order valence-corrected chi connectivity index (χ0v) is 11.5. The molecule has 2 unspecified atom stereocenters. The zero-order valence-electron chi connectivity index (χ0n) is 10.8. The van der Waals surface area contributed by atoms with Gasteiger partial charge in [0.05, 0.1) is 0 Å². The number of amides is 1. The lowest BCUT2D eigenvalue weighted by atomic mass is 9.91. The third-order valence-corrected chi connectivity index (χ3v) is 4.67. The molecule has 3 rings (SSSR count). The van der Waals surface area contributed by atoms with Crippen LogP contribution in [0, 0.1) is 5.92 Å². The molecule has 4 heteroatoms. The van der Waals surface area contributed by atoms with Crippen molar-refractivity contribution in [1.82, 2.24) is 4.90 Å². The van der Waals surface area contributed by atoms with Crippen molar-refractivity contribution >= 4 is 17.5 Å². The fraction of sp³-hybridized carbons (Fsp3) is 0.533. The molecule has 2 bridgehead atoms. The molecular formula is C15H18ClNO2. The van der Waals surface area contributed by atoms with Gasteiger partial charge in [0.1, 0.15) is 0 Å². The molecule has 1 aromatic rings. The highest BCUT2D eigenvalue weighted by Gasteiger charge is 2.43. The third-order valence-electron chi connectivity index (χ3n) is 4.41. The van der Waals surface area contributed by atoms with Crippen molar-refractivity contribution in [3.63, 3.8) is 0 Å². The molecule has 2 saturated heterocycles. The van der Waals surface area contributed by atoms with E-state index in [0.29, 0.717) is 28.6 Å². The van der Waals surface area contributed by atoms with Crippen LogP contribution in [0.15, 0.2) is 24.3 Å². The van der Waals surface area contributed by atoms with E-state index in [1.807, 2.05) is 4.90 Å². The number of rotatable bonds is 2. The van der Waals surface area contributed by atoms with Crippen LogP contribution in [0.5, 0.6) is 0 Å². The summed E-state index contributed by atoms with van der Waals surface area (Å²) in [5.41, 5.74) is 0.712. The highest BCUT2D eigenvalue weighted by molar-refractivity contribution is 6.30. The van der Waals surface area contributed by atoms with Gasteiger partial charge in [-0.3, -0.25) is 4.79 Å². The lowest BCUT2D eigenvalue weighted by Gasteiger charge is -2.38. The van der Waals surface area contributed by atoms with Crippen molar-refractivity contribution in [3.05, 3.63) is 34.9 Å². The summed E-state index contributed by atoms with van der Waals surface area (Å²) in [6.07, 6.45) is 4.01. The average molecular weight is 280 g/mol. The van der Waals surface area contributed by atoms with Crippen LogP contribution >= 0.6 is 11.6 Å². The predicted molar refractivity (Wildman–Crippen MR) is 74.2 cm³/mol. The second-order valence-electron chi connectivity index (χ2n) is 5.62. The summed E-state index contributed by atoms with van der Waals surface area (Å²) in [6, 6.07) is 7.72. The maximum Gasteiger partial charge on any atom is 0.254 e. The minimum atomic E-state index is 0.112. The second-order valence-corrected chi connectivity index (χ2v) is 6.06. The Hall–Kier alpha value is -1.06. The summed E-state index contributed by atoms with van der Waals surface area (Å²) >= 11 is 5.86. The molecule has 2 heterocycles. The Morgan fingerprint density at radius 2 is 1.79 bits per heavy atom. The van der Waals surface area contributed by atoms with E-state index in [1.54, 1.807) is 24.3 Å². The Morgan fingerprint density at radius 1 is 1.21 bits per heavy atom. The van der Waals surface area contributed by atoms with Gasteiger partial charge in [0.2, 0.25) is 0 Å². The summed E-state index contributed by atoms with van der Waals surface area (Å²) in [4.78, 5) is 14.6. The molecule has 2 fully saturated rings. The minimum Gasteiger partial charge on any atom is -0.396 e. The standard InChI is InChI=1S/C15H18ClNO2/c16-12-3-1-11(2-4-12)15(19)17-13-5-6-14(17)8-10(7-13)9-18/h1-4,10,13-14,18H,5-9H2. The highest BCUT2D eigenvalue weighted by Crippen LogP contribution is 2.39. The number of fused-ring (bicyclic) bond motifs is 2. The van der Waals surface area contributed by atoms with Gasteiger partial charge in [0.25, 0.3) is 5.91 Å². The first kappa shape index (κ1) is 12.9. The Balaban J connectivity index is 1.80. The Labute approximate surface area is 118 Å². The third kappa shape index (κ3) is 2.37. The smallest absolute Gasteiger partial charge is 0.254 e.